The molecule has 1 atom stereocenters. The normalized spacial score (nSPS) is 15.4. The number of hydrogen-bond donors (Lipinski definition) is 2. The second kappa shape index (κ2) is 12.0. The van der Waals surface area contributed by atoms with Crippen molar-refractivity contribution < 1.29 is 27.2 Å². The van der Waals surface area contributed by atoms with Gasteiger partial charge in [0.2, 0.25) is 6.41 Å². The highest BCUT2D eigenvalue weighted by atomic mass is 19.4. The number of nitriles is 1. The summed E-state index contributed by atoms with van der Waals surface area (Å²) in [7, 11) is 0. The SMILES string of the molecule is N#Cc1cccc(-c2ccc(N(CCN3CCC(NC=O)C3)C(=O)Nc3ccc(F)c(C(F)(F)F)c3)cc2)c1. The minimum Gasteiger partial charge on any atom is -0.355 e. The van der Waals surface area contributed by atoms with Gasteiger partial charge in [-0.05, 0) is 60.0 Å². The van der Waals surface area contributed by atoms with Crippen molar-refractivity contribution in [2.24, 2.45) is 0 Å². The van der Waals surface area contributed by atoms with Crippen molar-refractivity contribution in [1.82, 2.24) is 10.2 Å². The summed E-state index contributed by atoms with van der Waals surface area (Å²) in [6.45, 7) is 1.97. The highest BCUT2D eigenvalue weighted by Crippen LogP contribution is 2.33. The maximum Gasteiger partial charge on any atom is 0.419 e. The van der Waals surface area contributed by atoms with E-state index >= 15 is 0 Å². The van der Waals surface area contributed by atoms with Gasteiger partial charge in [0.15, 0.2) is 0 Å². The highest BCUT2D eigenvalue weighted by Gasteiger charge is 2.34. The first-order valence-electron chi connectivity index (χ1n) is 12.2. The minimum absolute atomic E-state index is 0.00763. The van der Waals surface area contributed by atoms with Crippen LogP contribution in [0.5, 0.6) is 0 Å². The number of amides is 3. The van der Waals surface area contributed by atoms with Gasteiger partial charge < -0.3 is 10.6 Å². The molecule has 3 amide bonds. The van der Waals surface area contributed by atoms with Gasteiger partial charge in [-0.15, -0.1) is 0 Å². The summed E-state index contributed by atoms with van der Waals surface area (Å²) in [5, 5.41) is 14.4. The number of hydrogen-bond acceptors (Lipinski definition) is 4. The second-order valence-corrected chi connectivity index (χ2v) is 9.08. The number of carbonyl (C=O) groups is 2. The van der Waals surface area contributed by atoms with Gasteiger partial charge in [-0.3, -0.25) is 14.6 Å². The molecule has 3 aromatic rings. The molecule has 11 heteroatoms. The zero-order valence-corrected chi connectivity index (χ0v) is 20.7. The monoisotopic (exact) mass is 539 g/mol. The Morgan fingerprint density at radius 2 is 1.87 bits per heavy atom. The first kappa shape index (κ1) is 27.6. The van der Waals surface area contributed by atoms with Crippen molar-refractivity contribution in [3.05, 3.63) is 83.7 Å². The predicted octanol–water partition coefficient (Wildman–Crippen LogP) is 5.24. The van der Waals surface area contributed by atoms with Crippen molar-refractivity contribution in [2.45, 2.75) is 18.6 Å². The molecule has 1 unspecified atom stereocenters. The third-order valence-corrected chi connectivity index (χ3v) is 6.49. The third kappa shape index (κ3) is 6.91. The molecule has 202 valence electrons. The molecule has 0 aromatic heterocycles. The average molecular weight is 540 g/mol. The summed E-state index contributed by atoms with van der Waals surface area (Å²) in [5.41, 5.74) is 0.956. The number of carbonyl (C=O) groups excluding carboxylic acids is 2. The van der Waals surface area contributed by atoms with Crippen LogP contribution in [0.3, 0.4) is 0 Å². The number of urea groups is 1. The van der Waals surface area contributed by atoms with Gasteiger partial charge in [-0.2, -0.15) is 18.4 Å². The summed E-state index contributed by atoms with van der Waals surface area (Å²) in [6.07, 6.45) is -3.50. The van der Waals surface area contributed by atoms with E-state index in [0.29, 0.717) is 49.4 Å². The van der Waals surface area contributed by atoms with E-state index in [1.165, 1.54) is 4.90 Å². The fourth-order valence-electron chi connectivity index (χ4n) is 4.47. The van der Waals surface area contributed by atoms with Crippen LogP contribution in [0.15, 0.2) is 66.7 Å². The predicted molar refractivity (Wildman–Crippen MR) is 138 cm³/mol. The van der Waals surface area contributed by atoms with Crippen molar-refractivity contribution in [1.29, 1.82) is 5.26 Å². The van der Waals surface area contributed by atoms with E-state index in [1.807, 2.05) is 6.07 Å². The fourth-order valence-corrected chi connectivity index (χ4v) is 4.47. The number of nitrogens with zero attached hydrogens (tertiary/aromatic N) is 3. The molecule has 2 N–H and O–H groups in total. The number of halogens is 4. The van der Waals surface area contributed by atoms with Crippen LogP contribution in [0.25, 0.3) is 11.1 Å². The highest BCUT2D eigenvalue weighted by molar-refractivity contribution is 6.02. The molecule has 0 saturated carbocycles. The summed E-state index contributed by atoms with van der Waals surface area (Å²) in [4.78, 5) is 27.5. The van der Waals surface area contributed by atoms with Crippen molar-refractivity contribution in [3.8, 4) is 17.2 Å². The van der Waals surface area contributed by atoms with Gasteiger partial charge >= 0.3 is 12.2 Å². The molecule has 0 aliphatic carbocycles. The zero-order chi connectivity index (χ0) is 28.0. The van der Waals surface area contributed by atoms with Gasteiger partial charge in [0, 0.05) is 43.6 Å². The van der Waals surface area contributed by atoms with Crippen LogP contribution >= 0.6 is 0 Å². The molecule has 1 saturated heterocycles. The summed E-state index contributed by atoms with van der Waals surface area (Å²) < 4.78 is 53.3. The molecular formula is C28H25F4N5O2. The standard InChI is InChI=1S/C28H25F4N5O2/c29-26-9-6-22(15-25(26)28(30,31)32)35-27(39)37(13-12-36-11-10-23(17-36)34-18-38)24-7-4-20(5-8-24)21-3-1-2-19(14-21)16-33/h1-9,14-15,18,23H,10-13,17H2,(H,34,38)(H,35,39). The molecule has 39 heavy (non-hydrogen) atoms. The molecule has 0 radical (unpaired) electrons. The lowest BCUT2D eigenvalue weighted by atomic mass is 10.0. The molecule has 0 bridgehead atoms. The summed E-state index contributed by atoms with van der Waals surface area (Å²) in [6, 6.07) is 17.7. The van der Waals surface area contributed by atoms with Crippen LogP contribution in [0.1, 0.15) is 17.5 Å². The van der Waals surface area contributed by atoms with E-state index in [-0.39, 0.29) is 18.3 Å². The number of alkyl halides is 3. The van der Waals surface area contributed by atoms with E-state index in [2.05, 4.69) is 21.6 Å². The van der Waals surface area contributed by atoms with Gasteiger partial charge in [0.1, 0.15) is 5.82 Å². The van der Waals surface area contributed by atoms with Gasteiger partial charge in [0.25, 0.3) is 0 Å². The minimum atomic E-state index is -4.91. The largest absolute Gasteiger partial charge is 0.419 e. The first-order chi connectivity index (χ1) is 18.7. The zero-order valence-electron chi connectivity index (χ0n) is 20.7. The molecule has 0 spiro atoms. The molecule has 7 nitrogen and oxygen atoms in total. The van der Waals surface area contributed by atoms with E-state index < -0.39 is 23.6 Å². The lowest BCUT2D eigenvalue weighted by molar-refractivity contribution is -0.139. The quantitative estimate of drug-likeness (QED) is 0.303. The van der Waals surface area contributed by atoms with Crippen LogP contribution < -0.4 is 15.5 Å². The molecule has 1 aliphatic heterocycles. The Morgan fingerprint density at radius 3 is 2.56 bits per heavy atom. The van der Waals surface area contributed by atoms with Crippen molar-refractivity contribution in [2.75, 3.05) is 36.4 Å². The van der Waals surface area contributed by atoms with Crippen LogP contribution in [0.2, 0.25) is 0 Å². The summed E-state index contributed by atoms with van der Waals surface area (Å²) >= 11 is 0. The van der Waals surface area contributed by atoms with Crippen molar-refractivity contribution >= 4 is 23.8 Å². The lowest BCUT2D eigenvalue weighted by Crippen LogP contribution is -2.41. The number of benzene rings is 3. The van der Waals surface area contributed by atoms with Crippen LogP contribution in [-0.4, -0.2) is 49.6 Å². The molecule has 3 aromatic carbocycles. The average Bonchev–Trinajstić information content (AvgIpc) is 3.37. The first-order valence-corrected chi connectivity index (χ1v) is 12.2. The van der Waals surface area contributed by atoms with E-state index in [4.69, 9.17) is 0 Å². The van der Waals surface area contributed by atoms with E-state index in [1.54, 1.807) is 42.5 Å². The topological polar surface area (TPSA) is 88.5 Å². The summed E-state index contributed by atoms with van der Waals surface area (Å²) in [5.74, 6) is -1.43. The second-order valence-electron chi connectivity index (χ2n) is 9.08. The van der Waals surface area contributed by atoms with Crippen LogP contribution in [0.4, 0.5) is 33.7 Å². The number of rotatable bonds is 8. The lowest BCUT2D eigenvalue weighted by Gasteiger charge is -2.26. The third-order valence-electron chi connectivity index (χ3n) is 6.49. The van der Waals surface area contributed by atoms with E-state index in [0.717, 1.165) is 23.6 Å². The Morgan fingerprint density at radius 1 is 1.10 bits per heavy atom. The Hall–Kier alpha value is -4.43. The molecule has 1 heterocycles. The van der Waals surface area contributed by atoms with Gasteiger partial charge in [0.05, 0.1) is 17.2 Å². The van der Waals surface area contributed by atoms with Gasteiger partial charge in [-0.25, -0.2) is 9.18 Å². The fraction of sp³-hybridized carbons (Fsp3) is 0.250. The Bertz CT molecular complexity index is 1370. The maximum atomic E-state index is 13.7. The molecule has 1 aliphatic rings. The van der Waals surface area contributed by atoms with Crippen LogP contribution in [0, 0.1) is 17.1 Å². The Labute approximate surface area is 222 Å². The molecular weight excluding hydrogens is 514 g/mol. The Kier molecular flexibility index (Phi) is 8.46. The smallest absolute Gasteiger partial charge is 0.355 e. The van der Waals surface area contributed by atoms with E-state index in [9.17, 15) is 32.4 Å². The number of anilines is 2. The van der Waals surface area contributed by atoms with Crippen molar-refractivity contribution in [3.63, 3.8) is 0 Å². The number of nitrogens with one attached hydrogen (secondary N) is 2. The maximum absolute atomic E-state index is 13.7. The molecule has 4 rings (SSSR count). The molecule has 1 fully saturated rings. The number of likely N-dealkylation sites (tertiary alicyclic amines) is 1. The Balaban J connectivity index is 1.56. The van der Waals surface area contributed by atoms with Gasteiger partial charge in [-0.1, -0.05) is 24.3 Å². The van der Waals surface area contributed by atoms with Crippen LogP contribution in [-0.2, 0) is 11.0 Å².